The minimum absolute atomic E-state index is 0.661. The summed E-state index contributed by atoms with van der Waals surface area (Å²) in [7, 11) is 0. The first-order valence-corrected chi connectivity index (χ1v) is 5.44. The molecule has 4 nitrogen and oxygen atoms in total. The van der Waals surface area contributed by atoms with E-state index in [1.807, 2.05) is 47.3 Å². The predicted octanol–water partition coefficient (Wildman–Crippen LogP) is 2.06. The number of fused-ring (bicyclic) bond motifs is 1. The van der Waals surface area contributed by atoms with Gasteiger partial charge < -0.3 is 5.73 Å². The zero-order valence-corrected chi connectivity index (χ0v) is 9.24. The molecule has 0 aliphatic rings. The van der Waals surface area contributed by atoms with E-state index in [-0.39, 0.29) is 0 Å². The van der Waals surface area contributed by atoms with Crippen molar-refractivity contribution in [2.75, 3.05) is 5.73 Å². The molecule has 0 saturated carbocycles. The number of benzene rings is 1. The fourth-order valence-corrected chi connectivity index (χ4v) is 1.86. The smallest absolute Gasteiger partial charge is 0.0838 e. The minimum atomic E-state index is 0.661. The zero-order chi connectivity index (χ0) is 11.7. The third-order valence-corrected chi connectivity index (χ3v) is 2.71. The van der Waals surface area contributed by atoms with E-state index in [4.69, 9.17) is 5.73 Å². The summed E-state index contributed by atoms with van der Waals surface area (Å²) < 4.78 is 1.91. The third-order valence-electron chi connectivity index (χ3n) is 2.71. The quantitative estimate of drug-likeness (QED) is 0.678. The fraction of sp³-hybridized carbons (Fsp3) is 0.0769. The molecule has 0 radical (unpaired) electrons. The second kappa shape index (κ2) is 3.90. The molecule has 3 aromatic rings. The van der Waals surface area contributed by atoms with Crippen molar-refractivity contribution in [1.29, 1.82) is 0 Å². The van der Waals surface area contributed by atoms with Crippen molar-refractivity contribution in [3.8, 4) is 0 Å². The molecule has 2 heterocycles. The highest BCUT2D eigenvalue weighted by Gasteiger charge is 2.03. The van der Waals surface area contributed by atoms with Gasteiger partial charge in [0.2, 0.25) is 0 Å². The van der Waals surface area contributed by atoms with Crippen LogP contribution in [-0.2, 0) is 6.54 Å². The van der Waals surface area contributed by atoms with Crippen molar-refractivity contribution in [3.05, 3.63) is 54.5 Å². The van der Waals surface area contributed by atoms with Gasteiger partial charge in [0, 0.05) is 17.3 Å². The van der Waals surface area contributed by atoms with Gasteiger partial charge in [0.15, 0.2) is 0 Å². The summed E-state index contributed by atoms with van der Waals surface area (Å²) in [6.07, 6.45) is 3.63. The molecule has 0 aliphatic carbocycles. The summed E-state index contributed by atoms with van der Waals surface area (Å²) in [6, 6.07) is 11.7. The molecule has 2 N–H and O–H groups in total. The molecule has 84 valence electrons. The molecule has 4 heteroatoms. The second-order valence-electron chi connectivity index (χ2n) is 3.94. The first-order chi connectivity index (χ1) is 8.33. The van der Waals surface area contributed by atoms with E-state index in [1.54, 1.807) is 6.20 Å². The lowest BCUT2D eigenvalue weighted by molar-refractivity contribution is 0.696. The fourth-order valence-electron chi connectivity index (χ4n) is 1.86. The Morgan fingerprint density at radius 2 is 2.12 bits per heavy atom. The lowest BCUT2D eigenvalue weighted by atomic mass is 10.2. The van der Waals surface area contributed by atoms with Crippen LogP contribution in [0.25, 0.3) is 10.9 Å². The van der Waals surface area contributed by atoms with Gasteiger partial charge >= 0.3 is 0 Å². The average molecular weight is 224 g/mol. The van der Waals surface area contributed by atoms with Crippen LogP contribution in [-0.4, -0.2) is 14.8 Å². The molecule has 0 fully saturated rings. The number of nitrogens with zero attached hydrogens (tertiary/aromatic N) is 3. The molecule has 3 rings (SSSR count). The Hall–Kier alpha value is -2.36. The van der Waals surface area contributed by atoms with E-state index in [9.17, 15) is 0 Å². The maximum atomic E-state index is 5.79. The van der Waals surface area contributed by atoms with Crippen LogP contribution in [0.4, 0.5) is 5.69 Å². The lowest BCUT2D eigenvalue weighted by Crippen LogP contribution is -2.03. The van der Waals surface area contributed by atoms with Crippen LogP contribution < -0.4 is 5.73 Å². The first kappa shape index (κ1) is 9.84. The van der Waals surface area contributed by atoms with Crippen LogP contribution in [0.1, 0.15) is 5.69 Å². The van der Waals surface area contributed by atoms with Crippen LogP contribution in [0, 0.1) is 0 Å². The molecule has 0 unspecified atom stereocenters. The monoisotopic (exact) mass is 224 g/mol. The second-order valence-corrected chi connectivity index (χ2v) is 3.94. The van der Waals surface area contributed by atoms with Gasteiger partial charge in [-0.3, -0.25) is 9.67 Å². The number of hydrogen-bond acceptors (Lipinski definition) is 3. The number of aromatic nitrogens is 3. The van der Waals surface area contributed by atoms with Crippen molar-refractivity contribution >= 4 is 16.6 Å². The van der Waals surface area contributed by atoms with Gasteiger partial charge in [-0.25, -0.2) is 0 Å². The minimum Gasteiger partial charge on any atom is -0.399 e. The van der Waals surface area contributed by atoms with Crippen molar-refractivity contribution in [1.82, 2.24) is 14.8 Å². The topological polar surface area (TPSA) is 56.7 Å². The van der Waals surface area contributed by atoms with Gasteiger partial charge in [-0.2, -0.15) is 5.10 Å². The van der Waals surface area contributed by atoms with E-state index in [2.05, 4.69) is 10.1 Å². The maximum Gasteiger partial charge on any atom is 0.0838 e. The Morgan fingerprint density at radius 1 is 1.18 bits per heavy atom. The van der Waals surface area contributed by atoms with Gasteiger partial charge in [0.05, 0.1) is 24.0 Å². The zero-order valence-electron chi connectivity index (χ0n) is 9.24. The van der Waals surface area contributed by atoms with Crippen LogP contribution >= 0.6 is 0 Å². The van der Waals surface area contributed by atoms with Crippen LogP contribution in [0.3, 0.4) is 0 Å². The average Bonchev–Trinajstić information content (AvgIpc) is 2.73. The highest BCUT2D eigenvalue weighted by Crippen LogP contribution is 2.17. The number of anilines is 1. The van der Waals surface area contributed by atoms with Crippen LogP contribution in [0.2, 0.25) is 0 Å². The van der Waals surface area contributed by atoms with Gasteiger partial charge in [-0.05, 0) is 30.3 Å². The highest BCUT2D eigenvalue weighted by molar-refractivity contribution is 5.81. The lowest BCUT2D eigenvalue weighted by Gasteiger charge is -2.03. The Kier molecular flexibility index (Phi) is 2.26. The summed E-state index contributed by atoms with van der Waals surface area (Å²) in [6.45, 7) is 0.661. The van der Waals surface area contributed by atoms with Gasteiger partial charge in [-0.1, -0.05) is 6.07 Å². The van der Waals surface area contributed by atoms with Gasteiger partial charge in [0.25, 0.3) is 0 Å². The van der Waals surface area contributed by atoms with E-state index < -0.39 is 0 Å². The Labute approximate surface area is 98.7 Å². The molecule has 17 heavy (non-hydrogen) atoms. The maximum absolute atomic E-state index is 5.79. The Morgan fingerprint density at radius 3 is 2.94 bits per heavy atom. The summed E-state index contributed by atoms with van der Waals surface area (Å²) in [5, 5.41) is 5.45. The SMILES string of the molecule is Nc1ccc2cnn(Cc3ccccn3)c2c1. The van der Waals surface area contributed by atoms with Crippen molar-refractivity contribution in [3.63, 3.8) is 0 Å². The van der Waals surface area contributed by atoms with Crippen LogP contribution in [0.15, 0.2) is 48.8 Å². The largest absolute Gasteiger partial charge is 0.399 e. The van der Waals surface area contributed by atoms with Gasteiger partial charge in [0.1, 0.15) is 0 Å². The van der Waals surface area contributed by atoms with Crippen molar-refractivity contribution in [2.24, 2.45) is 0 Å². The summed E-state index contributed by atoms with van der Waals surface area (Å²) >= 11 is 0. The van der Waals surface area contributed by atoms with E-state index in [1.165, 1.54) is 0 Å². The standard InChI is InChI=1S/C13H12N4/c14-11-5-4-10-8-16-17(13(10)7-11)9-12-3-1-2-6-15-12/h1-8H,9,14H2. The normalized spacial score (nSPS) is 10.8. The Bertz CT molecular complexity index is 643. The molecule has 0 bridgehead atoms. The van der Waals surface area contributed by atoms with Crippen molar-refractivity contribution in [2.45, 2.75) is 6.54 Å². The van der Waals surface area contributed by atoms with Gasteiger partial charge in [-0.15, -0.1) is 0 Å². The predicted molar refractivity (Wildman–Crippen MR) is 67.5 cm³/mol. The molecule has 2 aromatic heterocycles. The van der Waals surface area contributed by atoms with E-state index >= 15 is 0 Å². The number of nitrogens with two attached hydrogens (primary N) is 1. The van der Waals surface area contributed by atoms with Crippen molar-refractivity contribution < 1.29 is 0 Å². The Balaban J connectivity index is 2.03. The van der Waals surface area contributed by atoms with E-state index in [0.717, 1.165) is 22.3 Å². The molecule has 1 aromatic carbocycles. The summed E-state index contributed by atoms with van der Waals surface area (Å²) in [5.74, 6) is 0. The number of hydrogen-bond donors (Lipinski definition) is 1. The number of pyridine rings is 1. The van der Waals surface area contributed by atoms with E-state index in [0.29, 0.717) is 6.54 Å². The first-order valence-electron chi connectivity index (χ1n) is 5.44. The molecule has 0 saturated heterocycles. The highest BCUT2D eigenvalue weighted by atomic mass is 15.3. The molecule has 0 aliphatic heterocycles. The molecular weight excluding hydrogens is 212 g/mol. The number of rotatable bonds is 2. The molecule has 0 amide bonds. The molecule has 0 atom stereocenters. The van der Waals surface area contributed by atoms with Crippen LogP contribution in [0.5, 0.6) is 0 Å². The summed E-state index contributed by atoms with van der Waals surface area (Å²) in [5.41, 5.74) is 8.56. The molecular formula is C13H12N4. The third kappa shape index (κ3) is 1.85. The number of nitrogen functional groups attached to an aromatic ring is 1. The summed E-state index contributed by atoms with van der Waals surface area (Å²) in [4.78, 5) is 4.29. The molecule has 0 spiro atoms.